The Morgan fingerprint density at radius 1 is 1.14 bits per heavy atom. The van der Waals surface area contributed by atoms with E-state index in [-0.39, 0.29) is 0 Å². The van der Waals surface area contributed by atoms with Crippen molar-refractivity contribution in [3.63, 3.8) is 0 Å². The van der Waals surface area contributed by atoms with Gasteiger partial charge in [-0.1, -0.05) is 29.8 Å². The third kappa shape index (κ3) is 3.69. The molecule has 0 spiro atoms. The molecule has 2 aromatic heterocycles. The van der Waals surface area contributed by atoms with Gasteiger partial charge in [-0.3, -0.25) is 0 Å². The van der Waals surface area contributed by atoms with Gasteiger partial charge in [-0.2, -0.15) is 11.8 Å². The second kappa shape index (κ2) is 6.53. The van der Waals surface area contributed by atoms with Crippen molar-refractivity contribution in [2.24, 2.45) is 0 Å². The first-order valence-corrected chi connectivity index (χ1v) is 7.89. The number of aryl methyl sites for hydroxylation is 1. The van der Waals surface area contributed by atoms with Crippen LogP contribution in [0, 0.1) is 6.92 Å². The topological polar surface area (TPSA) is 68.0 Å². The summed E-state index contributed by atoms with van der Waals surface area (Å²) in [5.74, 6) is 2.83. The van der Waals surface area contributed by atoms with Crippen LogP contribution in [0.1, 0.15) is 11.1 Å². The lowest BCUT2D eigenvalue weighted by atomic mass is 10.2. The van der Waals surface area contributed by atoms with Crippen molar-refractivity contribution in [2.45, 2.75) is 12.7 Å². The normalized spacial score (nSPS) is 10.9. The second-order valence-corrected chi connectivity index (χ2v) is 5.82. The zero-order valence-electron chi connectivity index (χ0n) is 11.7. The fraction of sp³-hybridized carbons (Fsp3) is 0.286. The quantitative estimate of drug-likeness (QED) is 0.704. The third-order valence-electron chi connectivity index (χ3n) is 3.01. The van der Waals surface area contributed by atoms with Gasteiger partial charge in [0.2, 0.25) is 0 Å². The van der Waals surface area contributed by atoms with E-state index >= 15 is 0 Å². The molecule has 0 aliphatic rings. The summed E-state index contributed by atoms with van der Waals surface area (Å²) in [5, 5.41) is 18.7. The molecule has 0 aliphatic heterocycles. The van der Waals surface area contributed by atoms with Crippen molar-refractivity contribution < 1.29 is 0 Å². The minimum Gasteiger partial charge on any atom is -0.368 e. The molecule has 21 heavy (non-hydrogen) atoms. The molecule has 0 bridgehead atoms. The summed E-state index contributed by atoms with van der Waals surface area (Å²) in [6, 6.07) is 12.4. The van der Waals surface area contributed by atoms with E-state index in [2.05, 4.69) is 57.1 Å². The third-order valence-corrected chi connectivity index (χ3v) is 4.04. The van der Waals surface area contributed by atoms with Crippen LogP contribution in [0.4, 0.5) is 5.82 Å². The molecule has 0 unspecified atom stereocenters. The van der Waals surface area contributed by atoms with Crippen LogP contribution in [0.15, 0.2) is 36.4 Å². The van der Waals surface area contributed by atoms with Crippen LogP contribution in [0.25, 0.3) is 5.65 Å². The van der Waals surface area contributed by atoms with Gasteiger partial charge in [-0.05, 0) is 35.0 Å². The maximum atomic E-state index is 4.26. The van der Waals surface area contributed by atoms with E-state index < -0.39 is 0 Å². The van der Waals surface area contributed by atoms with E-state index in [1.54, 1.807) is 0 Å². The summed E-state index contributed by atoms with van der Waals surface area (Å²) in [4.78, 5) is 0. The predicted molar refractivity (Wildman–Crippen MR) is 84.4 cm³/mol. The fourth-order valence-electron chi connectivity index (χ4n) is 1.87. The maximum Gasteiger partial charge on any atom is 0.200 e. The summed E-state index contributed by atoms with van der Waals surface area (Å²) < 4.78 is 1.42. The Morgan fingerprint density at radius 2 is 2.00 bits per heavy atom. The van der Waals surface area contributed by atoms with E-state index in [0.717, 1.165) is 23.9 Å². The average Bonchev–Trinajstić information content (AvgIpc) is 2.96. The van der Waals surface area contributed by atoms with Crippen molar-refractivity contribution in [2.75, 3.05) is 17.6 Å². The van der Waals surface area contributed by atoms with Gasteiger partial charge < -0.3 is 5.32 Å². The lowest BCUT2D eigenvalue weighted by molar-refractivity contribution is 0.735. The highest BCUT2D eigenvalue weighted by molar-refractivity contribution is 7.98. The zero-order chi connectivity index (χ0) is 14.5. The molecular formula is C14H16N6S. The number of benzene rings is 1. The first-order chi connectivity index (χ1) is 10.3. The highest BCUT2D eigenvalue weighted by atomic mass is 32.2. The van der Waals surface area contributed by atoms with Crippen molar-refractivity contribution in [1.82, 2.24) is 25.3 Å². The van der Waals surface area contributed by atoms with Crippen LogP contribution in [0.5, 0.6) is 0 Å². The maximum absolute atomic E-state index is 4.26. The smallest absolute Gasteiger partial charge is 0.200 e. The van der Waals surface area contributed by atoms with Crippen LogP contribution in [-0.2, 0) is 5.75 Å². The van der Waals surface area contributed by atoms with Crippen molar-refractivity contribution in [3.05, 3.63) is 47.5 Å². The van der Waals surface area contributed by atoms with Crippen LogP contribution in [-0.4, -0.2) is 37.6 Å². The van der Waals surface area contributed by atoms with E-state index in [1.165, 1.54) is 15.8 Å². The Hall–Kier alpha value is -2.15. The summed E-state index contributed by atoms with van der Waals surface area (Å²) in [6.45, 7) is 2.96. The molecule has 1 N–H and O–H groups in total. The number of nitrogens with one attached hydrogen (secondary N) is 1. The molecule has 0 saturated carbocycles. The van der Waals surface area contributed by atoms with Gasteiger partial charge >= 0.3 is 0 Å². The van der Waals surface area contributed by atoms with Crippen LogP contribution in [0.2, 0.25) is 0 Å². The molecule has 0 saturated heterocycles. The molecule has 0 radical (unpaired) electrons. The fourth-order valence-corrected chi connectivity index (χ4v) is 2.69. The highest BCUT2D eigenvalue weighted by Crippen LogP contribution is 2.13. The SMILES string of the molecule is Cc1ccc(CSCCNc2ccc3nnnn3n2)cc1. The Kier molecular flexibility index (Phi) is 4.30. The molecule has 3 rings (SSSR count). The largest absolute Gasteiger partial charge is 0.368 e. The molecule has 0 aliphatic carbocycles. The molecule has 3 aromatic rings. The summed E-state index contributed by atoms with van der Waals surface area (Å²) in [5.41, 5.74) is 3.31. The highest BCUT2D eigenvalue weighted by Gasteiger charge is 2.00. The lowest BCUT2D eigenvalue weighted by Crippen LogP contribution is -2.08. The summed E-state index contributed by atoms with van der Waals surface area (Å²) in [7, 11) is 0. The second-order valence-electron chi connectivity index (χ2n) is 4.71. The van der Waals surface area contributed by atoms with E-state index in [9.17, 15) is 0 Å². The number of hydrogen-bond acceptors (Lipinski definition) is 6. The average molecular weight is 300 g/mol. The number of hydrogen-bond donors (Lipinski definition) is 1. The number of tetrazole rings is 1. The molecule has 7 heteroatoms. The molecule has 6 nitrogen and oxygen atoms in total. The zero-order valence-corrected chi connectivity index (χ0v) is 12.5. The van der Waals surface area contributed by atoms with Gasteiger partial charge in [0.05, 0.1) is 0 Å². The monoisotopic (exact) mass is 300 g/mol. The van der Waals surface area contributed by atoms with Gasteiger partial charge in [0.15, 0.2) is 5.65 Å². The standard InChI is InChI=1S/C14H16N6S/c1-11-2-4-12(5-3-11)10-21-9-8-15-13-6-7-14-16-18-19-20(14)17-13/h2-7H,8-10H2,1H3,(H,15,17). The van der Waals surface area contributed by atoms with Crippen LogP contribution in [0.3, 0.4) is 0 Å². The molecule has 2 heterocycles. The number of rotatable bonds is 6. The Labute approximate surface area is 126 Å². The number of thioether (sulfide) groups is 1. The molecule has 108 valence electrons. The summed E-state index contributed by atoms with van der Waals surface area (Å²) >= 11 is 1.90. The molecular weight excluding hydrogens is 284 g/mol. The number of anilines is 1. The summed E-state index contributed by atoms with van der Waals surface area (Å²) in [6.07, 6.45) is 0. The van der Waals surface area contributed by atoms with Gasteiger partial charge in [0, 0.05) is 18.1 Å². The van der Waals surface area contributed by atoms with E-state index in [1.807, 2.05) is 23.9 Å². The number of fused-ring (bicyclic) bond motifs is 1. The van der Waals surface area contributed by atoms with E-state index in [4.69, 9.17) is 0 Å². The molecule has 0 atom stereocenters. The van der Waals surface area contributed by atoms with Crippen molar-refractivity contribution in [1.29, 1.82) is 0 Å². The van der Waals surface area contributed by atoms with Crippen molar-refractivity contribution >= 4 is 23.2 Å². The van der Waals surface area contributed by atoms with Crippen LogP contribution < -0.4 is 5.32 Å². The molecule has 1 aromatic carbocycles. The first kappa shape index (κ1) is 13.8. The predicted octanol–water partition coefficient (Wildman–Crippen LogP) is 2.17. The number of aromatic nitrogens is 5. The van der Waals surface area contributed by atoms with Gasteiger partial charge in [0.25, 0.3) is 0 Å². The van der Waals surface area contributed by atoms with Crippen LogP contribution >= 0.6 is 11.8 Å². The minimum atomic E-state index is 0.647. The van der Waals surface area contributed by atoms with Gasteiger partial charge in [-0.25, -0.2) is 0 Å². The molecule has 0 amide bonds. The Morgan fingerprint density at radius 3 is 2.86 bits per heavy atom. The van der Waals surface area contributed by atoms with Crippen molar-refractivity contribution in [3.8, 4) is 0 Å². The van der Waals surface area contributed by atoms with Gasteiger partial charge in [0.1, 0.15) is 5.82 Å². The Bertz CT molecular complexity index is 709. The minimum absolute atomic E-state index is 0.647. The number of nitrogens with zero attached hydrogens (tertiary/aromatic N) is 5. The molecule has 0 fully saturated rings. The van der Waals surface area contributed by atoms with Gasteiger partial charge in [-0.15, -0.1) is 14.8 Å². The Balaban J connectivity index is 1.42. The lowest BCUT2D eigenvalue weighted by Gasteiger charge is -2.05. The first-order valence-electron chi connectivity index (χ1n) is 6.74. The van der Waals surface area contributed by atoms with E-state index in [0.29, 0.717) is 5.65 Å².